The van der Waals surface area contributed by atoms with Crippen LogP contribution in [0.15, 0.2) is 10.7 Å². The Morgan fingerprint density at radius 3 is 2.31 bits per heavy atom. The minimum Gasteiger partial charge on any atom is -0.326 e. The second-order valence-electron chi connectivity index (χ2n) is 2.86. The van der Waals surface area contributed by atoms with Crippen LogP contribution in [0, 0.1) is 0 Å². The van der Waals surface area contributed by atoms with Crippen molar-refractivity contribution in [3.8, 4) is 0 Å². The number of rotatable bonds is 2. The van der Waals surface area contributed by atoms with Crippen molar-refractivity contribution in [3.05, 3.63) is 27.5 Å². The number of hydrogen-bond donors (Lipinski definition) is 1. The Balaban J connectivity index is 3.50. The van der Waals surface area contributed by atoms with Gasteiger partial charge in [0.05, 0.1) is 5.56 Å². The van der Waals surface area contributed by atoms with Crippen LogP contribution in [0.4, 0.5) is 22.0 Å². The average Bonchev–Trinajstić information content (AvgIpc) is 2.14. The molecule has 2 N–H and O–H groups in total. The van der Waals surface area contributed by atoms with Crippen LogP contribution in [0.1, 0.15) is 23.2 Å². The number of hydrogen-bond acceptors (Lipinski definition) is 2. The van der Waals surface area contributed by atoms with E-state index in [1.165, 1.54) is 0 Å². The van der Waals surface area contributed by atoms with Gasteiger partial charge < -0.3 is 5.73 Å². The van der Waals surface area contributed by atoms with Gasteiger partial charge >= 0.3 is 6.18 Å². The molecule has 0 fully saturated rings. The Hall–Kier alpha value is -0.760. The molecule has 0 aliphatic rings. The van der Waals surface area contributed by atoms with Gasteiger partial charge in [0.2, 0.25) is 0 Å². The number of aromatic nitrogens is 1. The van der Waals surface area contributed by atoms with E-state index >= 15 is 0 Å². The van der Waals surface area contributed by atoms with E-state index in [2.05, 4.69) is 20.9 Å². The molecule has 0 aliphatic carbocycles. The first-order chi connectivity index (χ1) is 7.29. The summed E-state index contributed by atoms with van der Waals surface area (Å²) in [5, 5.41) is 0. The number of nitrogens with two attached hydrogens (primary N) is 1. The van der Waals surface area contributed by atoms with Crippen molar-refractivity contribution in [2.75, 3.05) is 0 Å². The van der Waals surface area contributed by atoms with E-state index in [1.54, 1.807) is 0 Å². The van der Waals surface area contributed by atoms with Gasteiger partial charge in [0.1, 0.15) is 5.69 Å². The SMILES string of the molecule is NCc1cnc(C(F)F)c(C(F)(F)F)c1Br. The second-order valence-corrected chi connectivity index (χ2v) is 3.65. The Labute approximate surface area is 95.8 Å². The summed E-state index contributed by atoms with van der Waals surface area (Å²) in [5.74, 6) is 0. The van der Waals surface area contributed by atoms with Gasteiger partial charge in [-0.05, 0) is 21.5 Å². The minimum atomic E-state index is -4.90. The predicted molar refractivity (Wildman–Crippen MR) is 49.8 cm³/mol. The Morgan fingerprint density at radius 1 is 1.38 bits per heavy atom. The fourth-order valence-corrected chi connectivity index (χ4v) is 1.81. The van der Waals surface area contributed by atoms with Crippen molar-refractivity contribution in [1.29, 1.82) is 0 Å². The van der Waals surface area contributed by atoms with Crippen molar-refractivity contribution in [2.24, 2.45) is 5.73 Å². The molecule has 0 bridgehead atoms. The van der Waals surface area contributed by atoms with Crippen molar-refractivity contribution < 1.29 is 22.0 Å². The van der Waals surface area contributed by atoms with E-state index in [0.717, 1.165) is 6.20 Å². The third-order valence-electron chi connectivity index (χ3n) is 1.83. The smallest absolute Gasteiger partial charge is 0.326 e. The third kappa shape index (κ3) is 2.49. The molecular weight excluding hydrogens is 299 g/mol. The highest BCUT2D eigenvalue weighted by Gasteiger charge is 2.39. The lowest BCUT2D eigenvalue weighted by Crippen LogP contribution is -2.15. The summed E-state index contributed by atoms with van der Waals surface area (Å²) in [6, 6.07) is 0. The Bertz CT molecular complexity index is 391. The van der Waals surface area contributed by atoms with E-state index in [0.29, 0.717) is 0 Å². The van der Waals surface area contributed by atoms with E-state index in [9.17, 15) is 22.0 Å². The zero-order valence-corrected chi connectivity index (χ0v) is 9.24. The lowest BCUT2D eigenvalue weighted by Gasteiger charge is -2.15. The largest absolute Gasteiger partial charge is 0.419 e. The maximum absolute atomic E-state index is 12.5. The quantitative estimate of drug-likeness (QED) is 0.852. The highest BCUT2D eigenvalue weighted by Crippen LogP contribution is 2.40. The average molecular weight is 305 g/mol. The molecule has 90 valence electrons. The molecule has 16 heavy (non-hydrogen) atoms. The van der Waals surface area contributed by atoms with Crippen LogP contribution >= 0.6 is 15.9 Å². The van der Waals surface area contributed by atoms with Crippen LogP contribution in [0.5, 0.6) is 0 Å². The molecule has 1 heterocycles. The first-order valence-electron chi connectivity index (χ1n) is 4.01. The van der Waals surface area contributed by atoms with Crippen molar-refractivity contribution in [2.45, 2.75) is 19.1 Å². The number of nitrogens with zero attached hydrogens (tertiary/aromatic N) is 1. The van der Waals surface area contributed by atoms with Gasteiger partial charge in [0.25, 0.3) is 6.43 Å². The summed E-state index contributed by atoms with van der Waals surface area (Å²) >= 11 is 2.62. The summed E-state index contributed by atoms with van der Waals surface area (Å²) in [5.41, 5.74) is 2.43. The third-order valence-corrected chi connectivity index (χ3v) is 2.73. The summed E-state index contributed by atoms with van der Waals surface area (Å²) in [6.45, 7) is -0.222. The molecule has 0 aromatic carbocycles. The van der Waals surface area contributed by atoms with Gasteiger partial charge in [-0.25, -0.2) is 8.78 Å². The van der Waals surface area contributed by atoms with Crippen LogP contribution in [0.3, 0.4) is 0 Å². The maximum atomic E-state index is 12.5. The molecule has 1 aromatic rings. The molecule has 0 unspecified atom stereocenters. The number of pyridine rings is 1. The second kappa shape index (κ2) is 4.62. The molecule has 2 nitrogen and oxygen atoms in total. The molecule has 0 radical (unpaired) electrons. The van der Waals surface area contributed by atoms with Crippen molar-refractivity contribution in [3.63, 3.8) is 0 Å². The summed E-state index contributed by atoms with van der Waals surface area (Å²) in [6.07, 6.45) is -7.29. The summed E-state index contributed by atoms with van der Waals surface area (Å²) < 4.78 is 61.9. The zero-order chi connectivity index (χ0) is 12.5. The topological polar surface area (TPSA) is 38.9 Å². The van der Waals surface area contributed by atoms with Crippen LogP contribution in [0.25, 0.3) is 0 Å². The van der Waals surface area contributed by atoms with E-state index in [-0.39, 0.29) is 12.1 Å². The molecule has 0 amide bonds. The molecule has 0 saturated heterocycles. The molecular formula is C8H6BrF5N2. The van der Waals surface area contributed by atoms with Gasteiger partial charge in [-0.15, -0.1) is 0 Å². The van der Waals surface area contributed by atoms with Crippen molar-refractivity contribution in [1.82, 2.24) is 4.98 Å². The standard InChI is InChI=1S/C8H6BrF5N2/c9-5-3(1-15)2-16-6(7(10)11)4(5)8(12,13)14/h2,7H,1,15H2. The maximum Gasteiger partial charge on any atom is 0.419 e. The van der Waals surface area contributed by atoms with Gasteiger partial charge in [-0.1, -0.05) is 0 Å². The Kier molecular flexibility index (Phi) is 3.84. The first kappa shape index (κ1) is 13.3. The molecule has 0 saturated carbocycles. The lowest BCUT2D eigenvalue weighted by atomic mass is 10.1. The molecule has 1 aromatic heterocycles. The van der Waals surface area contributed by atoms with Crippen LogP contribution in [-0.2, 0) is 12.7 Å². The Morgan fingerprint density at radius 2 is 1.94 bits per heavy atom. The lowest BCUT2D eigenvalue weighted by molar-refractivity contribution is -0.140. The van der Waals surface area contributed by atoms with Crippen molar-refractivity contribution >= 4 is 15.9 Å². The van der Waals surface area contributed by atoms with Gasteiger partial charge in [0.15, 0.2) is 0 Å². The van der Waals surface area contributed by atoms with Gasteiger partial charge in [-0.2, -0.15) is 13.2 Å². The van der Waals surface area contributed by atoms with E-state index in [1.807, 2.05) is 0 Å². The van der Waals surface area contributed by atoms with Gasteiger partial charge in [0, 0.05) is 17.2 Å². The molecule has 0 atom stereocenters. The summed E-state index contributed by atoms with van der Waals surface area (Å²) in [7, 11) is 0. The zero-order valence-electron chi connectivity index (χ0n) is 7.65. The fourth-order valence-electron chi connectivity index (χ4n) is 1.12. The fraction of sp³-hybridized carbons (Fsp3) is 0.375. The molecule has 8 heteroatoms. The van der Waals surface area contributed by atoms with Crippen LogP contribution < -0.4 is 5.73 Å². The van der Waals surface area contributed by atoms with Gasteiger partial charge in [-0.3, -0.25) is 4.98 Å². The normalized spacial score (nSPS) is 12.2. The van der Waals surface area contributed by atoms with E-state index < -0.39 is 28.3 Å². The predicted octanol–water partition coefficient (Wildman–Crippen LogP) is 3.26. The highest BCUT2D eigenvalue weighted by molar-refractivity contribution is 9.10. The molecule has 0 spiro atoms. The number of alkyl halides is 5. The highest BCUT2D eigenvalue weighted by atomic mass is 79.9. The molecule has 1 rings (SSSR count). The number of halogens is 6. The van der Waals surface area contributed by atoms with Crippen LogP contribution in [-0.4, -0.2) is 4.98 Å². The minimum absolute atomic E-state index is 0.0247. The van der Waals surface area contributed by atoms with E-state index in [4.69, 9.17) is 5.73 Å². The molecule has 0 aliphatic heterocycles. The van der Waals surface area contributed by atoms with Crippen LogP contribution in [0.2, 0.25) is 0 Å². The monoisotopic (exact) mass is 304 g/mol. The summed E-state index contributed by atoms with van der Waals surface area (Å²) in [4.78, 5) is 3.10. The first-order valence-corrected chi connectivity index (χ1v) is 4.81.